The van der Waals surface area contributed by atoms with E-state index in [1.807, 2.05) is 11.1 Å². The molecule has 0 aromatic carbocycles. The first-order chi connectivity index (χ1) is 9.82. The van der Waals surface area contributed by atoms with Gasteiger partial charge in [0.25, 0.3) is 0 Å². The summed E-state index contributed by atoms with van der Waals surface area (Å²) in [7, 11) is 1.37. The van der Waals surface area contributed by atoms with Gasteiger partial charge in [-0.05, 0) is 19.4 Å². The number of piperidine rings is 1. The monoisotopic (exact) mass is 312 g/mol. The number of aromatic nitrogens is 1. The Hall–Kier alpha value is -0.980. The molecular weight excluding hydrogens is 288 g/mol. The van der Waals surface area contributed by atoms with Crippen molar-refractivity contribution in [1.29, 1.82) is 0 Å². The summed E-state index contributed by atoms with van der Waals surface area (Å²) in [5, 5.41) is 11.2. The summed E-state index contributed by atoms with van der Waals surface area (Å²) in [5.74, 6) is -0.359. The van der Waals surface area contributed by atoms with E-state index in [1.165, 1.54) is 7.11 Å². The number of thiazole rings is 1. The molecule has 2 heterocycles. The van der Waals surface area contributed by atoms with Gasteiger partial charge in [0.05, 0.1) is 18.2 Å². The van der Waals surface area contributed by atoms with Crippen LogP contribution in [0.1, 0.15) is 43.5 Å². The quantitative estimate of drug-likeness (QED) is 0.864. The molecule has 2 atom stereocenters. The van der Waals surface area contributed by atoms with Gasteiger partial charge in [0.15, 0.2) is 0 Å². The molecule has 21 heavy (non-hydrogen) atoms. The van der Waals surface area contributed by atoms with Gasteiger partial charge in [0.2, 0.25) is 0 Å². The highest BCUT2D eigenvalue weighted by Gasteiger charge is 2.36. The fourth-order valence-corrected chi connectivity index (χ4v) is 3.57. The molecule has 1 aliphatic heterocycles. The Balaban J connectivity index is 2.12. The molecule has 0 amide bonds. The maximum Gasteiger partial charge on any atom is 0.325 e. The normalized spacial score (nSPS) is 24.0. The van der Waals surface area contributed by atoms with Crippen LogP contribution >= 0.6 is 11.3 Å². The van der Waals surface area contributed by atoms with Crippen molar-refractivity contribution in [3.8, 4) is 0 Å². The molecule has 0 saturated carbocycles. The fourth-order valence-electron chi connectivity index (χ4n) is 2.58. The van der Waals surface area contributed by atoms with Crippen molar-refractivity contribution in [3.05, 3.63) is 16.1 Å². The van der Waals surface area contributed by atoms with Gasteiger partial charge < -0.3 is 9.84 Å². The number of likely N-dealkylation sites (tertiary alicyclic amines) is 1. The smallest absolute Gasteiger partial charge is 0.325 e. The zero-order chi connectivity index (χ0) is 15.6. The zero-order valence-electron chi connectivity index (χ0n) is 13.1. The molecule has 0 unspecified atom stereocenters. The predicted molar refractivity (Wildman–Crippen MR) is 82.3 cm³/mol. The summed E-state index contributed by atoms with van der Waals surface area (Å²) < 4.78 is 4.83. The van der Waals surface area contributed by atoms with Crippen LogP contribution in [0.25, 0.3) is 0 Å². The maximum absolute atomic E-state index is 11.9. The number of aliphatic hydroxyl groups excluding tert-OH is 1. The third-order valence-electron chi connectivity index (χ3n) is 3.70. The molecule has 6 heteroatoms. The van der Waals surface area contributed by atoms with E-state index in [0.29, 0.717) is 13.0 Å². The van der Waals surface area contributed by atoms with Crippen molar-refractivity contribution in [3.63, 3.8) is 0 Å². The highest BCUT2D eigenvalue weighted by molar-refractivity contribution is 7.11. The zero-order valence-corrected chi connectivity index (χ0v) is 13.9. The lowest BCUT2D eigenvalue weighted by Gasteiger charge is -2.36. The number of methoxy groups -OCH3 is 1. The number of carbonyl (C=O) groups excluding carboxylic acids is 1. The van der Waals surface area contributed by atoms with Crippen molar-refractivity contribution in [2.45, 2.75) is 57.7 Å². The molecule has 5 nitrogen and oxygen atoms in total. The molecule has 0 spiro atoms. The number of ether oxygens (including phenoxy) is 1. The Bertz CT molecular complexity index is 495. The van der Waals surface area contributed by atoms with Gasteiger partial charge in [-0.3, -0.25) is 9.69 Å². The molecule has 2 rings (SSSR count). The summed E-state index contributed by atoms with van der Waals surface area (Å²) in [6, 6.07) is -0.566. The summed E-state index contributed by atoms with van der Waals surface area (Å²) in [6.07, 6.45) is 2.76. The Morgan fingerprint density at radius 3 is 2.86 bits per heavy atom. The average Bonchev–Trinajstić information content (AvgIpc) is 2.87. The van der Waals surface area contributed by atoms with E-state index in [0.717, 1.165) is 22.9 Å². The summed E-state index contributed by atoms with van der Waals surface area (Å²) in [4.78, 5) is 19.5. The van der Waals surface area contributed by atoms with Crippen LogP contribution in [0.2, 0.25) is 0 Å². The first-order valence-corrected chi connectivity index (χ1v) is 8.09. The third-order valence-corrected chi connectivity index (χ3v) is 5.11. The summed E-state index contributed by atoms with van der Waals surface area (Å²) in [5.41, 5.74) is 0.0338. The van der Waals surface area contributed by atoms with Crippen LogP contribution in [0, 0.1) is 0 Å². The van der Waals surface area contributed by atoms with Crippen molar-refractivity contribution in [1.82, 2.24) is 9.88 Å². The van der Waals surface area contributed by atoms with Gasteiger partial charge in [-0.15, -0.1) is 11.3 Å². The lowest BCUT2D eigenvalue weighted by molar-refractivity contribution is -0.154. The highest BCUT2D eigenvalue weighted by atomic mass is 32.1. The van der Waals surface area contributed by atoms with Crippen LogP contribution in [-0.4, -0.2) is 46.8 Å². The largest absolute Gasteiger partial charge is 0.468 e. The Morgan fingerprint density at radius 2 is 2.29 bits per heavy atom. The number of esters is 1. The van der Waals surface area contributed by atoms with Crippen LogP contribution in [0.15, 0.2) is 6.20 Å². The number of hydrogen-bond acceptors (Lipinski definition) is 6. The maximum atomic E-state index is 11.9. The summed E-state index contributed by atoms with van der Waals surface area (Å²) >= 11 is 1.67. The van der Waals surface area contributed by atoms with Crippen molar-refractivity contribution in [2.75, 3.05) is 13.7 Å². The van der Waals surface area contributed by atoms with Gasteiger partial charge in [-0.2, -0.15) is 0 Å². The average molecular weight is 312 g/mol. The Kier molecular flexibility index (Phi) is 5.01. The van der Waals surface area contributed by atoms with E-state index in [4.69, 9.17) is 4.74 Å². The van der Waals surface area contributed by atoms with Crippen LogP contribution in [-0.2, 0) is 21.5 Å². The minimum absolute atomic E-state index is 0.0338. The van der Waals surface area contributed by atoms with Crippen molar-refractivity contribution >= 4 is 17.3 Å². The molecule has 118 valence electrons. The van der Waals surface area contributed by atoms with Crippen molar-refractivity contribution < 1.29 is 14.6 Å². The molecule has 1 N–H and O–H groups in total. The molecule has 1 fully saturated rings. The molecule has 1 aromatic rings. The first-order valence-electron chi connectivity index (χ1n) is 7.28. The number of aliphatic hydroxyl groups is 1. The van der Waals surface area contributed by atoms with E-state index in [1.54, 1.807) is 11.3 Å². The predicted octanol–water partition coefficient (Wildman–Crippen LogP) is 1.94. The van der Waals surface area contributed by atoms with Gasteiger partial charge >= 0.3 is 5.97 Å². The van der Waals surface area contributed by atoms with E-state index < -0.39 is 12.1 Å². The topological polar surface area (TPSA) is 62.7 Å². The second-order valence-electron chi connectivity index (χ2n) is 6.53. The van der Waals surface area contributed by atoms with Gasteiger partial charge in [-0.25, -0.2) is 4.98 Å². The molecule has 1 saturated heterocycles. The van der Waals surface area contributed by atoms with Gasteiger partial charge in [0.1, 0.15) is 6.04 Å². The summed E-state index contributed by atoms with van der Waals surface area (Å²) in [6.45, 7) is 7.83. The Labute approximate surface area is 129 Å². The van der Waals surface area contributed by atoms with Crippen LogP contribution in [0.5, 0.6) is 0 Å². The highest BCUT2D eigenvalue weighted by Crippen LogP contribution is 2.29. The van der Waals surface area contributed by atoms with Crippen LogP contribution < -0.4 is 0 Å². The standard InChI is InChI=1S/C15H24N2O3S/c1-15(2,3)14-16-8-10(21-14)9-17-7-5-6-11(18)12(17)13(19)20-4/h8,11-12,18H,5-7,9H2,1-4H3/t11-,12+/m1/s1. The first kappa shape index (κ1) is 16.4. The minimum atomic E-state index is -0.652. The minimum Gasteiger partial charge on any atom is -0.468 e. The number of hydrogen-bond donors (Lipinski definition) is 1. The number of nitrogens with zero attached hydrogens (tertiary/aromatic N) is 2. The van der Waals surface area contributed by atoms with Crippen LogP contribution in [0.4, 0.5) is 0 Å². The number of carbonyl (C=O) groups is 1. The van der Waals surface area contributed by atoms with Crippen molar-refractivity contribution in [2.24, 2.45) is 0 Å². The van der Waals surface area contributed by atoms with Gasteiger partial charge in [-0.1, -0.05) is 20.8 Å². The third kappa shape index (κ3) is 3.81. The lowest BCUT2D eigenvalue weighted by Crippen LogP contribution is -2.52. The van der Waals surface area contributed by atoms with Gasteiger partial charge in [0, 0.05) is 23.0 Å². The SMILES string of the molecule is COC(=O)[C@@H]1[C@H](O)CCCN1Cc1cnc(C(C)(C)C)s1. The molecule has 0 aliphatic carbocycles. The number of rotatable bonds is 3. The molecule has 1 aliphatic rings. The Morgan fingerprint density at radius 1 is 1.57 bits per heavy atom. The van der Waals surface area contributed by atoms with E-state index in [-0.39, 0.29) is 11.4 Å². The molecule has 1 aromatic heterocycles. The van der Waals surface area contributed by atoms with E-state index in [9.17, 15) is 9.90 Å². The molecule has 0 radical (unpaired) electrons. The fraction of sp³-hybridized carbons (Fsp3) is 0.733. The lowest BCUT2D eigenvalue weighted by atomic mass is 9.98. The van der Waals surface area contributed by atoms with E-state index in [2.05, 4.69) is 25.8 Å². The molecular formula is C15H24N2O3S. The van der Waals surface area contributed by atoms with Crippen LogP contribution in [0.3, 0.4) is 0 Å². The second kappa shape index (κ2) is 6.42. The van der Waals surface area contributed by atoms with E-state index >= 15 is 0 Å². The second-order valence-corrected chi connectivity index (χ2v) is 7.64. The molecule has 0 bridgehead atoms.